The van der Waals surface area contributed by atoms with Crippen LogP contribution in [0.2, 0.25) is 0 Å². The highest BCUT2D eigenvalue weighted by Gasteiger charge is 2.24. The molecule has 1 heterocycles. The van der Waals surface area contributed by atoms with Gasteiger partial charge in [0.15, 0.2) is 0 Å². The van der Waals surface area contributed by atoms with Crippen molar-refractivity contribution >= 4 is 0 Å². The van der Waals surface area contributed by atoms with E-state index in [2.05, 4.69) is 37.8 Å². The van der Waals surface area contributed by atoms with Crippen LogP contribution in [-0.4, -0.2) is 24.5 Å². The predicted molar refractivity (Wildman–Crippen MR) is 49.6 cm³/mol. The van der Waals surface area contributed by atoms with Gasteiger partial charge in [0, 0.05) is 19.6 Å². The zero-order chi connectivity index (χ0) is 8.27. The van der Waals surface area contributed by atoms with Crippen molar-refractivity contribution < 1.29 is 0 Å². The lowest BCUT2D eigenvalue weighted by Gasteiger charge is -2.11. The van der Waals surface area contributed by atoms with E-state index in [1.807, 2.05) is 0 Å². The SMILES string of the molecule is C/C=C/CN1CC(C)C(C)C1. The van der Waals surface area contributed by atoms with E-state index in [1.165, 1.54) is 13.1 Å². The van der Waals surface area contributed by atoms with Crippen LogP contribution >= 0.6 is 0 Å². The molecule has 64 valence electrons. The van der Waals surface area contributed by atoms with E-state index in [0.29, 0.717) is 0 Å². The van der Waals surface area contributed by atoms with E-state index in [1.54, 1.807) is 0 Å². The number of likely N-dealkylation sites (tertiary alicyclic amines) is 1. The van der Waals surface area contributed by atoms with Crippen LogP contribution in [0.3, 0.4) is 0 Å². The monoisotopic (exact) mass is 153 g/mol. The van der Waals surface area contributed by atoms with Gasteiger partial charge in [-0.2, -0.15) is 0 Å². The van der Waals surface area contributed by atoms with Crippen molar-refractivity contribution in [3.63, 3.8) is 0 Å². The third-order valence-corrected chi connectivity index (χ3v) is 2.66. The summed E-state index contributed by atoms with van der Waals surface area (Å²) in [5.41, 5.74) is 0. The molecule has 0 aromatic carbocycles. The van der Waals surface area contributed by atoms with Gasteiger partial charge >= 0.3 is 0 Å². The van der Waals surface area contributed by atoms with Crippen LogP contribution in [0.1, 0.15) is 20.8 Å². The summed E-state index contributed by atoms with van der Waals surface area (Å²) >= 11 is 0. The van der Waals surface area contributed by atoms with Crippen molar-refractivity contribution in [3.05, 3.63) is 12.2 Å². The molecule has 1 aliphatic rings. The third kappa shape index (κ3) is 2.33. The normalized spacial score (nSPS) is 33.7. The first-order valence-corrected chi connectivity index (χ1v) is 4.57. The van der Waals surface area contributed by atoms with Crippen molar-refractivity contribution in [1.29, 1.82) is 0 Å². The molecule has 0 bridgehead atoms. The maximum absolute atomic E-state index is 2.52. The van der Waals surface area contributed by atoms with Crippen LogP contribution in [-0.2, 0) is 0 Å². The van der Waals surface area contributed by atoms with Crippen molar-refractivity contribution in [1.82, 2.24) is 4.90 Å². The van der Waals surface area contributed by atoms with Gasteiger partial charge in [-0.05, 0) is 18.8 Å². The maximum atomic E-state index is 2.52. The summed E-state index contributed by atoms with van der Waals surface area (Å²) in [6, 6.07) is 0. The molecule has 11 heavy (non-hydrogen) atoms. The Balaban J connectivity index is 2.29. The molecule has 1 saturated heterocycles. The van der Waals surface area contributed by atoms with Crippen LogP contribution < -0.4 is 0 Å². The highest BCUT2D eigenvalue weighted by molar-refractivity contribution is 4.86. The molecule has 0 saturated carbocycles. The zero-order valence-corrected chi connectivity index (χ0v) is 7.88. The Kier molecular flexibility index (Phi) is 3.13. The summed E-state index contributed by atoms with van der Waals surface area (Å²) in [5.74, 6) is 1.78. The predicted octanol–water partition coefficient (Wildman–Crippen LogP) is 2.15. The van der Waals surface area contributed by atoms with Crippen LogP contribution in [0.15, 0.2) is 12.2 Å². The van der Waals surface area contributed by atoms with Gasteiger partial charge < -0.3 is 0 Å². The molecule has 1 rings (SSSR count). The Morgan fingerprint density at radius 1 is 1.27 bits per heavy atom. The summed E-state index contributed by atoms with van der Waals surface area (Å²) in [5, 5.41) is 0. The molecule has 1 heteroatoms. The minimum Gasteiger partial charge on any atom is -0.299 e. The third-order valence-electron chi connectivity index (χ3n) is 2.66. The van der Waals surface area contributed by atoms with Gasteiger partial charge in [0.1, 0.15) is 0 Å². The Hall–Kier alpha value is -0.300. The van der Waals surface area contributed by atoms with Gasteiger partial charge in [0.2, 0.25) is 0 Å². The van der Waals surface area contributed by atoms with Crippen molar-refractivity contribution in [2.45, 2.75) is 20.8 Å². The van der Waals surface area contributed by atoms with Crippen LogP contribution in [0.4, 0.5) is 0 Å². The Labute approximate surface area is 70.1 Å². The molecular weight excluding hydrogens is 134 g/mol. The fourth-order valence-corrected chi connectivity index (χ4v) is 1.65. The number of hydrogen-bond donors (Lipinski definition) is 0. The summed E-state index contributed by atoms with van der Waals surface area (Å²) in [6.45, 7) is 10.5. The van der Waals surface area contributed by atoms with Crippen molar-refractivity contribution in [2.75, 3.05) is 19.6 Å². The summed E-state index contributed by atoms with van der Waals surface area (Å²) in [7, 11) is 0. The topological polar surface area (TPSA) is 3.24 Å². The lowest BCUT2D eigenvalue weighted by Crippen LogP contribution is -2.20. The van der Waals surface area contributed by atoms with Crippen molar-refractivity contribution in [3.8, 4) is 0 Å². The highest BCUT2D eigenvalue weighted by atomic mass is 15.1. The molecule has 0 aliphatic carbocycles. The summed E-state index contributed by atoms with van der Waals surface area (Å²) < 4.78 is 0. The first kappa shape index (κ1) is 8.79. The van der Waals surface area contributed by atoms with Crippen LogP contribution in [0, 0.1) is 11.8 Å². The first-order chi connectivity index (χ1) is 5.24. The minimum atomic E-state index is 0.889. The zero-order valence-electron chi connectivity index (χ0n) is 7.88. The van der Waals surface area contributed by atoms with Gasteiger partial charge in [-0.1, -0.05) is 26.0 Å². The first-order valence-electron chi connectivity index (χ1n) is 4.57. The van der Waals surface area contributed by atoms with Crippen LogP contribution in [0.5, 0.6) is 0 Å². The number of allylic oxidation sites excluding steroid dienone is 1. The number of rotatable bonds is 2. The van der Waals surface area contributed by atoms with Gasteiger partial charge in [-0.15, -0.1) is 0 Å². The van der Waals surface area contributed by atoms with E-state index in [4.69, 9.17) is 0 Å². The Bertz CT molecular complexity index is 130. The van der Waals surface area contributed by atoms with E-state index in [0.717, 1.165) is 18.4 Å². The molecule has 0 aromatic heterocycles. The Morgan fingerprint density at radius 3 is 2.27 bits per heavy atom. The lowest BCUT2D eigenvalue weighted by atomic mass is 10.0. The maximum Gasteiger partial charge on any atom is 0.0163 e. The molecule has 1 fully saturated rings. The molecule has 1 aliphatic heterocycles. The van der Waals surface area contributed by atoms with Gasteiger partial charge in [0.25, 0.3) is 0 Å². The molecule has 2 atom stereocenters. The molecular formula is C10H19N. The Morgan fingerprint density at radius 2 is 1.82 bits per heavy atom. The fourth-order valence-electron chi connectivity index (χ4n) is 1.65. The average molecular weight is 153 g/mol. The largest absolute Gasteiger partial charge is 0.299 e. The van der Waals surface area contributed by atoms with E-state index >= 15 is 0 Å². The van der Waals surface area contributed by atoms with Gasteiger partial charge in [-0.25, -0.2) is 0 Å². The standard InChI is InChI=1S/C10H19N/c1-4-5-6-11-7-9(2)10(3)8-11/h4-5,9-10H,6-8H2,1-3H3/b5-4+. The van der Waals surface area contributed by atoms with Crippen molar-refractivity contribution in [2.24, 2.45) is 11.8 Å². The van der Waals surface area contributed by atoms with Gasteiger partial charge in [-0.3, -0.25) is 4.90 Å². The summed E-state index contributed by atoms with van der Waals surface area (Å²) in [4.78, 5) is 2.52. The smallest absolute Gasteiger partial charge is 0.0163 e. The summed E-state index contributed by atoms with van der Waals surface area (Å²) in [6.07, 6.45) is 4.37. The minimum absolute atomic E-state index is 0.889. The second-order valence-electron chi connectivity index (χ2n) is 3.74. The van der Waals surface area contributed by atoms with Gasteiger partial charge in [0.05, 0.1) is 0 Å². The van der Waals surface area contributed by atoms with E-state index in [9.17, 15) is 0 Å². The molecule has 2 unspecified atom stereocenters. The molecule has 0 N–H and O–H groups in total. The molecule has 1 nitrogen and oxygen atoms in total. The lowest BCUT2D eigenvalue weighted by molar-refractivity contribution is 0.359. The average Bonchev–Trinajstić information content (AvgIpc) is 2.28. The molecule has 0 aromatic rings. The molecule has 0 radical (unpaired) electrons. The number of hydrogen-bond acceptors (Lipinski definition) is 1. The molecule has 0 spiro atoms. The van der Waals surface area contributed by atoms with E-state index in [-0.39, 0.29) is 0 Å². The molecule has 0 amide bonds. The second-order valence-corrected chi connectivity index (χ2v) is 3.74. The highest BCUT2D eigenvalue weighted by Crippen LogP contribution is 2.21. The quantitative estimate of drug-likeness (QED) is 0.549. The fraction of sp³-hybridized carbons (Fsp3) is 0.800. The van der Waals surface area contributed by atoms with E-state index < -0.39 is 0 Å². The number of nitrogens with zero attached hydrogens (tertiary/aromatic N) is 1. The second kappa shape index (κ2) is 3.91. The van der Waals surface area contributed by atoms with Crippen LogP contribution in [0.25, 0.3) is 0 Å².